The van der Waals surface area contributed by atoms with E-state index in [1.54, 1.807) is 11.8 Å². The highest BCUT2D eigenvalue weighted by Gasteiger charge is 2.31. The number of nitrogens with one attached hydrogen (secondary N) is 1. The minimum absolute atomic E-state index is 0.0146. The molecule has 0 aliphatic rings. The molecule has 20 heavy (non-hydrogen) atoms. The molecule has 1 rings (SSSR count). The summed E-state index contributed by atoms with van der Waals surface area (Å²) in [5, 5.41) is 2.48. The molecule has 1 aromatic rings. The minimum Gasteiger partial charge on any atom is -0.326 e. The third-order valence-corrected chi connectivity index (χ3v) is 3.29. The Hall–Kier alpha value is -1.21. The van der Waals surface area contributed by atoms with Crippen LogP contribution in [-0.4, -0.2) is 17.9 Å². The number of rotatable bonds is 6. The first-order chi connectivity index (χ1) is 9.36. The Morgan fingerprint density at radius 1 is 1.35 bits per heavy atom. The van der Waals surface area contributed by atoms with Gasteiger partial charge in [0.05, 0.1) is 5.56 Å². The van der Waals surface area contributed by atoms with E-state index in [0.717, 1.165) is 17.9 Å². The largest absolute Gasteiger partial charge is 0.416 e. The number of hydrogen-bond donors (Lipinski definition) is 2. The molecule has 7 heteroatoms. The van der Waals surface area contributed by atoms with Crippen molar-refractivity contribution in [1.29, 1.82) is 0 Å². The first-order valence-electron chi connectivity index (χ1n) is 6.07. The Morgan fingerprint density at radius 3 is 2.60 bits per heavy atom. The van der Waals surface area contributed by atoms with Gasteiger partial charge in [-0.25, -0.2) is 0 Å². The molecule has 1 amide bonds. The average Bonchev–Trinajstić information content (AvgIpc) is 2.37. The van der Waals surface area contributed by atoms with Crippen molar-refractivity contribution >= 4 is 23.4 Å². The lowest BCUT2D eigenvalue weighted by Crippen LogP contribution is -2.14. The third kappa shape index (κ3) is 5.42. The summed E-state index contributed by atoms with van der Waals surface area (Å²) in [7, 11) is 0. The quantitative estimate of drug-likeness (QED) is 0.793. The fourth-order valence-electron chi connectivity index (χ4n) is 1.65. The summed E-state index contributed by atoms with van der Waals surface area (Å²) in [5.41, 5.74) is 5.04. The zero-order valence-corrected chi connectivity index (χ0v) is 11.9. The fourth-order valence-corrected chi connectivity index (χ4v) is 2.08. The first-order valence-corrected chi connectivity index (χ1v) is 7.46. The lowest BCUT2D eigenvalue weighted by molar-refractivity contribution is -0.137. The Bertz CT molecular complexity index is 463. The number of thioether (sulfide) groups is 1. The molecule has 0 unspecified atom stereocenters. The maximum atomic E-state index is 12.7. The molecule has 0 aliphatic heterocycles. The molecule has 0 fully saturated rings. The molecule has 1 aromatic carbocycles. The molecule has 0 atom stereocenters. The molecule has 0 saturated carbocycles. The smallest absolute Gasteiger partial charge is 0.326 e. The van der Waals surface area contributed by atoms with E-state index in [9.17, 15) is 18.0 Å². The number of nitrogens with two attached hydrogens (primary N) is 1. The van der Waals surface area contributed by atoms with E-state index in [0.29, 0.717) is 12.0 Å². The van der Waals surface area contributed by atoms with Crippen molar-refractivity contribution in [2.24, 2.45) is 5.73 Å². The normalized spacial score (nSPS) is 11.4. The number of amides is 1. The maximum absolute atomic E-state index is 12.7. The number of hydrogen-bond acceptors (Lipinski definition) is 3. The van der Waals surface area contributed by atoms with Crippen LogP contribution in [0.15, 0.2) is 18.2 Å². The molecular weight excluding hydrogens is 289 g/mol. The van der Waals surface area contributed by atoms with Gasteiger partial charge in [-0.3, -0.25) is 4.79 Å². The van der Waals surface area contributed by atoms with Gasteiger partial charge < -0.3 is 11.1 Å². The number of alkyl halides is 3. The second kappa shape index (κ2) is 7.54. The Labute approximate surface area is 120 Å². The zero-order valence-electron chi connectivity index (χ0n) is 11.1. The van der Waals surface area contributed by atoms with Gasteiger partial charge in [0.25, 0.3) is 0 Å². The molecule has 0 saturated heterocycles. The van der Waals surface area contributed by atoms with Gasteiger partial charge in [0.15, 0.2) is 0 Å². The summed E-state index contributed by atoms with van der Waals surface area (Å²) in [4.78, 5) is 11.6. The van der Waals surface area contributed by atoms with E-state index in [-0.39, 0.29) is 24.6 Å². The van der Waals surface area contributed by atoms with Gasteiger partial charge in [-0.15, -0.1) is 0 Å². The number of anilines is 1. The Kier molecular flexibility index (Phi) is 6.35. The highest BCUT2D eigenvalue weighted by Crippen LogP contribution is 2.32. The first kappa shape index (κ1) is 16.8. The molecular formula is C13H17F3N2OS. The predicted octanol–water partition coefficient (Wildman–Crippen LogP) is 3.25. The summed E-state index contributed by atoms with van der Waals surface area (Å²) in [6, 6.07) is 3.37. The van der Waals surface area contributed by atoms with Gasteiger partial charge in [-0.2, -0.15) is 24.9 Å². The van der Waals surface area contributed by atoms with Crippen LogP contribution in [0.4, 0.5) is 18.9 Å². The zero-order chi connectivity index (χ0) is 15.2. The summed E-state index contributed by atoms with van der Waals surface area (Å²) < 4.78 is 38.1. The SMILES string of the molecule is CSCCCC(=O)Nc1cc(CN)cc(C(F)(F)F)c1. The highest BCUT2D eigenvalue weighted by atomic mass is 32.2. The molecule has 0 heterocycles. The number of carbonyl (C=O) groups excluding carboxylic acids is 1. The summed E-state index contributed by atoms with van der Waals surface area (Å²) in [5.74, 6) is 0.547. The van der Waals surface area contributed by atoms with E-state index < -0.39 is 11.7 Å². The summed E-state index contributed by atoms with van der Waals surface area (Å²) in [6.45, 7) is -0.0146. The Morgan fingerprint density at radius 2 is 2.05 bits per heavy atom. The van der Waals surface area contributed by atoms with Crippen LogP contribution in [0.25, 0.3) is 0 Å². The van der Waals surface area contributed by atoms with E-state index in [1.807, 2.05) is 6.26 Å². The average molecular weight is 306 g/mol. The third-order valence-electron chi connectivity index (χ3n) is 2.59. The van der Waals surface area contributed by atoms with Gasteiger partial charge in [0, 0.05) is 18.7 Å². The van der Waals surface area contributed by atoms with Crippen LogP contribution in [0.1, 0.15) is 24.0 Å². The van der Waals surface area contributed by atoms with Crippen LogP contribution in [0.2, 0.25) is 0 Å². The Balaban J connectivity index is 2.81. The molecule has 112 valence electrons. The molecule has 0 aromatic heterocycles. The summed E-state index contributed by atoms with van der Waals surface area (Å²) >= 11 is 1.62. The number of carbonyl (C=O) groups is 1. The molecule has 0 aliphatic carbocycles. The standard InChI is InChI=1S/C13H17F3N2OS/c1-20-4-2-3-12(19)18-11-6-9(8-17)5-10(7-11)13(14,15)16/h5-7H,2-4,8,17H2,1H3,(H,18,19). The van der Waals surface area contributed by atoms with Crippen molar-refractivity contribution in [3.63, 3.8) is 0 Å². The second-order valence-electron chi connectivity index (χ2n) is 4.27. The minimum atomic E-state index is -4.45. The van der Waals surface area contributed by atoms with E-state index >= 15 is 0 Å². The van der Waals surface area contributed by atoms with Gasteiger partial charge in [0.2, 0.25) is 5.91 Å². The molecule has 0 spiro atoms. The van der Waals surface area contributed by atoms with Crippen LogP contribution in [-0.2, 0) is 17.5 Å². The van der Waals surface area contributed by atoms with E-state index in [2.05, 4.69) is 5.32 Å². The van der Waals surface area contributed by atoms with E-state index in [4.69, 9.17) is 5.73 Å². The predicted molar refractivity (Wildman–Crippen MR) is 75.6 cm³/mol. The number of halogens is 3. The van der Waals surface area contributed by atoms with Gasteiger partial charge in [-0.1, -0.05) is 0 Å². The van der Waals surface area contributed by atoms with Crippen LogP contribution < -0.4 is 11.1 Å². The fraction of sp³-hybridized carbons (Fsp3) is 0.462. The van der Waals surface area contributed by atoms with Gasteiger partial charge in [0.1, 0.15) is 0 Å². The van der Waals surface area contributed by atoms with Crippen molar-refractivity contribution in [3.05, 3.63) is 29.3 Å². The van der Waals surface area contributed by atoms with Crippen molar-refractivity contribution in [2.45, 2.75) is 25.6 Å². The van der Waals surface area contributed by atoms with E-state index in [1.165, 1.54) is 6.07 Å². The van der Waals surface area contributed by atoms with Crippen molar-refractivity contribution in [1.82, 2.24) is 0 Å². The monoisotopic (exact) mass is 306 g/mol. The lowest BCUT2D eigenvalue weighted by atomic mass is 10.1. The molecule has 0 radical (unpaired) electrons. The molecule has 3 nitrogen and oxygen atoms in total. The highest BCUT2D eigenvalue weighted by molar-refractivity contribution is 7.98. The van der Waals surface area contributed by atoms with Crippen molar-refractivity contribution in [3.8, 4) is 0 Å². The maximum Gasteiger partial charge on any atom is 0.416 e. The van der Waals surface area contributed by atoms with Crippen LogP contribution in [0.5, 0.6) is 0 Å². The van der Waals surface area contributed by atoms with Crippen molar-refractivity contribution < 1.29 is 18.0 Å². The van der Waals surface area contributed by atoms with Crippen LogP contribution in [0.3, 0.4) is 0 Å². The molecule has 0 bridgehead atoms. The summed E-state index contributed by atoms with van der Waals surface area (Å²) in [6.07, 6.45) is -1.55. The topological polar surface area (TPSA) is 55.1 Å². The number of benzene rings is 1. The van der Waals surface area contributed by atoms with Crippen LogP contribution in [0, 0.1) is 0 Å². The van der Waals surface area contributed by atoms with Gasteiger partial charge >= 0.3 is 6.18 Å². The van der Waals surface area contributed by atoms with Crippen molar-refractivity contribution in [2.75, 3.05) is 17.3 Å². The van der Waals surface area contributed by atoms with Gasteiger partial charge in [-0.05, 0) is 42.2 Å². The molecule has 3 N–H and O–H groups in total. The lowest BCUT2D eigenvalue weighted by Gasteiger charge is -2.12. The van der Waals surface area contributed by atoms with Crippen LogP contribution >= 0.6 is 11.8 Å². The second-order valence-corrected chi connectivity index (χ2v) is 5.25.